The molecule has 152 valence electrons. The van der Waals surface area contributed by atoms with E-state index >= 15 is 0 Å². The zero-order valence-corrected chi connectivity index (χ0v) is 16.8. The largest absolute Gasteiger partial charge is 0.354 e. The summed E-state index contributed by atoms with van der Waals surface area (Å²) in [5.41, 5.74) is 2.05. The standard InChI is InChI=1S/C21H26N6O2/c1-3-26-17-6-4-5-7-18(17)27(21(26)29)15-20(28)23-16-8-9-19(22-14-16)25-12-10-24(2)11-13-25/h4-9,14H,3,10-13,15H2,1-2H3,(H,23,28). The molecule has 0 radical (unpaired) electrons. The van der Waals surface area contributed by atoms with E-state index in [1.165, 1.54) is 4.57 Å². The van der Waals surface area contributed by atoms with Crippen LogP contribution in [0, 0.1) is 0 Å². The van der Waals surface area contributed by atoms with Crippen LogP contribution >= 0.6 is 0 Å². The number of anilines is 2. The first-order valence-corrected chi connectivity index (χ1v) is 9.94. The number of pyridine rings is 1. The van der Waals surface area contributed by atoms with Gasteiger partial charge in [-0.15, -0.1) is 0 Å². The van der Waals surface area contributed by atoms with E-state index < -0.39 is 0 Å². The van der Waals surface area contributed by atoms with E-state index in [0.29, 0.717) is 12.2 Å². The monoisotopic (exact) mass is 394 g/mol. The predicted octanol–water partition coefficient (Wildman–Crippen LogP) is 1.61. The number of benzene rings is 1. The molecule has 3 heterocycles. The van der Waals surface area contributed by atoms with Crippen LogP contribution in [0.5, 0.6) is 0 Å². The van der Waals surface area contributed by atoms with Gasteiger partial charge in [0, 0.05) is 32.7 Å². The molecule has 1 fully saturated rings. The zero-order valence-electron chi connectivity index (χ0n) is 16.8. The molecular weight excluding hydrogens is 368 g/mol. The molecule has 0 atom stereocenters. The van der Waals surface area contributed by atoms with Crippen LogP contribution in [0.4, 0.5) is 11.5 Å². The van der Waals surface area contributed by atoms with E-state index in [2.05, 4.69) is 27.1 Å². The van der Waals surface area contributed by atoms with Crippen molar-refractivity contribution in [2.24, 2.45) is 0 Å². The highest BCUT2D eigenvalue weighted by molar-refractivity contribution is 5.91. The number of fused-ring (bicyclic) bond motifs is 1. The number of hydrogen-bond acceptors (Lipinski definition) is 5. The summed E-state index contributed by atoms with van der Waals surface area (Å²) < 4.78 is 3.19. The topological polar surface area (TPSA) is 75.4 Å². The minimum Gasteiger partial charge on any atom is -0.354 e. The Morgan fingerprint density at radius 3 is 2.34 bits per heavy atom. The third-order valence-electron chi connectivity index (χ3n) is 5.40. The van der Waals surface area contributed by atoms with Gasteiger partial charge in [-0.2, -0.15) is 0 Å². The Morgan fingerprint density at radius 1 is 1.03 bits per heavy atom. The second-order valence-electron chi connectivity index (χ2n) is 7.35. The van der Waals surface area contributed by atoms with E-state index in [0.717, 1.165) is 43.0 Å². The molecule has 0 bridgehead atoms. The molecule has 0 saturated carbocycles. The molecule has 0 spiro atoms. The minimum absolute atomic E-state index is 0.0352. The summed E-state index contributed by atoms with van der Waals surface area (Å²) in [5.74, 6) is 0.665. The molecule has 1 N–H and O–H groups in total. The highest BCUT2D eigenvalue weighted by atomic mass is 16.2. The van der Waals surface area contributed by atoms with E-state index in [1.807, 2.05) is 43.3 Å². The van der Waals surface area contributed by atoms with Crippen molar-refractivity contribution >= 4 is 28.4 Å². The molecule has 0 aliphatic carbocycles. The molecule has 0 unspecified atom stereocenters. The quantitative estimate of drug-likeness (QED) is 0.712. The number of aromatic nitrogens is 3. The zero-order chi connectivity index (χ0) is 20.4. The predicted molar refractivity (Wildman–Crippen MR) is 114 cm³/mol. The third kappa shape index (κ3) is 3.88. The van der Waals surface area contributed by atoms with Gasteiger partial charge in [0.25, 0.3) is 0 Å². The fourth-order valence-corrected chi connectivity index (χ4v) is 3.76. The number of nitrogens with one attached hydrogen (secondary N) is 1. The maximum Gasteiger partial charge on any atom is 0.329 e. The first-order valence-electron chi connectivity index (χ1n) is 9.94. The van der Waals surface area contributed by atoms with Gasteiger partial charge in [0.05, 0.1) is 22.9 Å². The van der Waals surface area contributed by atoms with Gasteiger partial charge in [0.1, 0.15) is 12.4 Å². The van der Waals surface area contributed by atoms with Crippen LogP contribution in [0.1, 0.15) is 6.92 Å². The number of imidazole rings is 1. The second-order valence-corrected chi connectivity index (χ2v) is 7.35. The lowest BCUT2D eigenvalue weighted by molar-refractivity contribution is -0.116. The molecule has 2 aromatic heterocycles. The Labute approximate surface area is 169 Å². The molecule has 8 nitrogen and oxygen atoms in total. The first kappa shape index (κ1) is 19.2. The summed E-state index contributed by atoms with van der Waals surface area (Å²) in [6, 6.07) is 11.3. The fraction of sp³-hybridized carbons (Fsp3) is 0.381. The summed E-state index contributed by atoms with van der Waals surface area (Å²) in [7, 11) is 2.12. The van der Waals surface area contributed by atoms with Gasteiger partial charge < -0.3 is 15.1 Å². The smallest absolute Gasteiger partial charge is 0.329 e. The van der Waals surface area contributed by atoms with E-state index in [-0.39, 0.29) is 18.1 Å². The maximum absolute atomic E-state index is 12.7. The molecule has 8 heteroatoms. The lowest BCUT2D eigenvalue weighted by Gasteiger charge is -2.33. The molecule has 1 aliphatic rings. The second kappa shape index (κ2) is 8.08. The normalized spacial score (nSPS) is 15.0. The number of nitrogens with zero attached hydrogens (tertiary/aromatic N) is 5. The van der Waals surface area contributed by atoms with Gasteiger partial charge >= 0.3 is 5.69 Å². The van der Waals surface area contributed by atoms with Crippen molar-refractivity contribution in [2.45, 2.75) is 20.0 Å². The molecule has 1 aromatic carbocycles. The van der Waals surface area contributed by atoms with Gasteiger partial charge in [-0.25, -0.2) is 9.78 Å². The Hall–Kier alpha value is -3.13. The van der Waals surface area contributed by atoms with Crippen LogP contribution in [-0.2, 0) is 17.9 Å². The molecule has 1 aliphatic heterocycles. The highest BCUT2D eigenvalue weighted by Crippen LogP contribution is 2.16. The van der Waals surface area contributed by atoms with E-state index in [4.69, 9.17) is 0 Å². The van der Waals surface area contributed by atoms with Crippen molar-refractivity contribution in [3.63, 3.8) is 0 Å². The molecular formula is C21H26N6O2. The molecule has 4 rings (SSSR count). The van der Waals surface area contributed by atoms with Crippen molar-refractivity contribution < 1.29 is 4.79 Å². The fourth-order valence-electron chi connectivity index (χ4n) is 3.76. The molecule has 3 aromatic rings. The lowest BCUT2D eigenvalue weighted by atomic mass is 10.3. The van der Waals surface area contributed by atoms with Crippen molar-refractivity contribution in [3.8, 4) is 0 Å². The SMILES string of the molecule is CCn1c(=O)n(CC(=O)Nc2ccc(N3CCN(C)CC3)nc2)c2ccccc21. The highest BCUT2D eigenvalue weighted by Gasteiger charge is 2.16. The number of hydrogen-bond donors (Lipinski definition) is 1. The first-order chi connectivity index (χ1) is 14.1. The minimum atomic E-state index is -0.250. The van der Waals surface area contributed by atoms with E-state index in [1.54, 1.807) is 10.8 Å². The van der Waals surface area contributed by atoms with E-state index in [9.17, 15) is 9.59 Å². The van der Waals surface area contributed by atoms with Gasteiger partial charge in [0.2, 0.25) is 5.91 Å². The number of carbonyl (C=O) groups is 1. The average Bonchev–Trinajstić information content (AvgIpc) is 3.00. The average molecular weight is 394 g/mol. The Kier molecular flexibility index (Phi) is 5.35. The maximum atomic E-state index is 12.7. The third-order valence-corrected chi connectivity index (χ3v) is 5.40. The molecule has 29 heavy (non-hydrogen) atoms. The van der Waals surface area contributed by atoms with Crippen molar-refractivity contribution in [3.05, 3.63) is 53.1 Å². The number of aryl methyl sites for hydroxylation is 1. The van der Waals surface area contributed by atoms with Crippen LogP contribution in [-0.4, -0.2) is 58.2 Å². The van der Waals surface area contributed by atoms with Crippen molar-refractivity contribution in [1.29, 1.82) is 0 Å². The van der Waals surface area contributed by atoms with Crippen LogP contribution in [0.25, 0.3) is 11.0 Å². The number of rotatable bonds is 5. The van der Waals surface area contributed by atoms with Gasteiger partial charge in [-0.1, -0.05) is 12.1 Å². The number of amides is 1. The summed E-state index contributed by atoms with van der Waals surface area (Å²) >= 11 is 0. The summed E-state index contributed by atoms with van der Waals surface area (Å²) in [6.45, 7) is 6.36. The van der Waals surface area contributed by atoms with Crippen LogP contribution < -0.4 is 15.9 Å². The molecule has 1 saturated heterocycles. The summed E-state index contributed by atoms with van der Waals surface area (Å²) in [5, 5.41) is 2.85. The van der Waals surface area contributed by atoms with Crippen molar-refractivity contribution in [2.75, 3.05) is 43.4 Å². The number of piperazine rings is 1. The van der Waals surface area contributed by atoms with Crippen LogP contribution in [0.2, 0.25) is 0 Å². The number of likely N-dealkylation sites (N-methyl/N-ethyl adjacent to an activating group) is 1. The number of para-hydroxylation sites is 2. The van der Waals surface area contributed by atoms with Crippen LogP contribution in [0.3, 0.4) is 0 Å². The summed E-state index contributed by atoms with van der Waals surface area (Å²) in [6.07, 6.45) is 1.67. The van der Waals surface area contributed by atoms with Crippen LogP contribution in [0.15, 0.2) is 47.4 Å². The number of carbonyl (C=O) groups excluding carboxylic acids is 1. The molecule has 1 amide bonds. The lowest BCUT2D eigenvalue weighted by Crippen LogP contribution is -2.44. The van der Waals surface area contributed by atoms with Crippen molar-refractivity contribution in [1.82, 2.24) is 19.0 Å². The van der Waals surface area contributed by atoms with Gasteiger partial charge in [-0.3, -0.25) is 13.9 Å². The van der Waals surface area contributed by atoms with Gasteiger partial charge in [0.15, 0.2) is 0 Å². The Balaban J connectivity index is 1.46. The summed E-state index contributed by atoms with van der Waals surface area (Å²) in [4.78, 5) is 34.3. The Bertz CT molecular complexity index is 1060. The van der Waals surface area contributed by atoms with Gasteiger partial charge in [-0.05, 0) is 38.2 Å². The Morgan fingerprint density at radius 2 is 1.72 bits per heavy atom.